The Morgan fingerprint density at radius 3 is 2.08 bits per heavy atom. The van der Waals surface area contributed by atoms with Gasteiger partial charge >= 0.3 is 18.1 Å². The van der Waals surface area contributed by atoms with Gasteiger partial charge in [-0.1, -0.05) is 12.1 Å². The average molecular weight is 377 g/mol. The van der Waals surface area contributed by atoms with Crippen molar-refractivity contribution in [3.8, 4) is 0 Å². The Hall–Kier alpha value is -2.98. The first kappa shape index (κ1) is 21.1. The van der Waals surface area contributed by atoms with E-state index in [4.69, 9.17) is 0 Å². The van der Waals surface area contributed by atoms with Crippen molar-refractivity contribution in [1.29, 1.82) is 0 Å². The fraction of sp³-hybridized carbons (Fsp3) is 0.400. The zero-order valence-corrected chi connectivity index (χ0v) is 13.7. The van der Waals surface area contributed by atoms with E-state index in [1.165, 1.54) is 12.1 Å². The van der Waals surface area contributed by atoms with Gasteiger partial charge in [-0.25, -0.2) is 0 Å². The van der Waals surface area contributed by atoms with Gasteiger partial charge in [-0.05, 0) is 6.42 Å². The van der Waals surface area contributed by atoms with E-state index in [1.807, 2.05) is 0 Å². The fourth-order valence-electron chi connectivity index (χ4n) is 2.25. The second kappa shape index (κ2) is 7.93. The summed E-state index contributed by atoms with van der Waals surface area (Å²) in [6.07, 6.45) is -7.54. The van der Waals surface area contributed by atoms with Gasteiger partial charge in [0.05, 0.1) is 19.1 Å². The van der Waals surface area contributed by atoms with Crippen molar-refractivity contribution in [2.75, 3.05) is 14.2 Å². The number of alkyl halides is 3. The number of benzene rings is 1. The number of rotatable bonds is 7. The predicted octanol–water partition coefficient (Wildman–Crippen LogP) is 2.45. The minimum atomic E-state index is -5.38. The van der Waals surface area contributed by atoms with Gasteiger partial charge < -0.3 is 9.47 Å². The molecule has 0 saturated carbocycles. The van der Waals surface area contributed by atoms with Gasteiger partial charge in [0.2, 0.25) is 0 Å². The van der Waals surface area contributed by atoms with Crippen LogP contribution in [0.5, 0.6) is 0 Å². The summed E-state index contributed by atoms with van der Waals surface area (Å²) in [5.74, 6) is -4.75. The third-order valence-electron chi connectivity index (χ3n) is 3.66. The highest BCUT2D eigenvalue weighted by Crippen LogP contribution is 2.44. The van der Waals surface area contributed by atoms with Crippen molar-refractivity contribution in [2.45, 2.75) is 19.0 Å². The van der Waals surface area contributed by atoms with Crippen LogP contribution in [0.3, 0.4) is 0 Å². The highest BCUT2D eigenvalue weighted by atomic mass is 19.4. The van der Waals surface area contributed by atoms with E-state index in [-0.39, 0.29) is 5.56 Å². The van der Waals surface area contributed by atoms with E-state index in [2.05, 4.69) is 9.47 Å². The number of carbonyl (C=O) groups excluding carboxylic acids is 3. The lowest BCUT2D eigenvalue weighted by Gasteiger charge is -2.29. The van der Waals surface area contributed by atoms with E-state index in [9.17, 15) is 37.7 Å². The smallest absolute Gasteiger partial charge is 0.415 e. The van der Waals surface area contributed by atoms with Crippen LogP contribution in [-0.2, 0) is 19.1 Å². The summed E-state index contributed by atoms with van der Waals surface area (Å²) < 4.78 is 48.6. The van der Waals surface area contributed by atoms with Crippen molar-refractivity contribution in [2.24, 2.45) is 5.41 Å². The number of carbonyl (C=O) groups is 3. The van der Waals surface area contributed by atoms with Gasteiger partial charge in [0.1, 0.15) is 0 Å². The molecule has 0 spiro atoms. The van der Waals surface area contributed by atoms with Crippen LogP contribution in [0.15, 0.2) is 24.3 Å². The summed E-state index contributed by atoms with van der Waals surface area (Å²) >= 11 is 0. The molecular formula is C15H14F3NO7. The highest BCUT2D eigenvalue weighted by Gasteiger charge is 2.67. The molecule has 0 aromatic heterocycles. The number of hydrogen-bond donors (Lipinski definition) is 0. The minimum absolute atomic E-state index is 0.231. The molecule has 11 heteroatoms. The number of Topliss-reactive ketones (excluding diaryl/α,β-unsaturated/α-hetero) is 1. The van der Waals surface area contributed by atoms with E-state index >= 15 is 0 Å². The van der Waals surface area contributed by atoms with E-state index in [1.54, 1.807) is 0 Å². The summed E-state index contributed by atoms with van der Waals surface area (Å²) in [4.78, 5) is 45.5. The van der Waals surface area contributed by atoms with Gasteiger partial charge in [-0.15, -0.1) is 0 Å². The van der Waals surface area contributed by atoms with E-state index < -0.39 is 52.8 Å². The van der Waals surface area contributed by atoms with Crippen molar-refractivity contribution >= 4 is 23.4 Å². The highest BCUT2D eigenvalue weighted by molar-refractivity contribution is 6.02. The maximum absolute atomic E-state index is 13.5. The van der Waals surface area contributed by atoms with Gasteiger partial charge in [-0.2, -0.15) is 13.2 Å². The quantitative estimate of drug-likeness (QED) is 0.236. The third-order valence-corrected chi connectivity index (χ3v) is 3.66. The molecule has 26 heavy (non-hydrogen) atoms. The molecule has 0 N–H and O–H groups in total. The molecule has 0 aliphatic heterocycles. The Bertz CT molecular complexity index is 714. The summed E-state index contributed by atoms with van der Waals surface area (Å²) in [7, 11) is 1.32. The molecular weight excluding hydrogens is 363 g/mol. The lowest BCUT2D eigenvalue weighted by molar-refractivity contribution is -0.384. The third kappa shape index (κ3) is 3.98. The van der Waals surface area contributed by atoms with Crippen molar-refractivity contribution in [1.82, 2.24) is 0 Å². The van der Waals surface area contributed by atoms with Crippen LogP contribution < -0.4 is 0 Å². The number of nitro groups is 1. The van der Waals surface area contributed by atoms with Gasteiger partial charge in [-0.3, -0.25) is 24.5 Å². The summed E-state index contributed by atoms with van der Waals surface area (Å²) in [5, 5.41) is 10.7. The fourth-order valence-corrected chi connectivity index (χ4v) is 2.25. The normalized spacial score (nSPS) is 11.6. The number of esters is 2. The maximum atomic E-state index is 13.5. The Kier molecular flexibility index (Phi) is 6.43. The molecule has 0 radical (unpaired) electrons. The molecule has 0 unspecified atom stereocenters. The molecule has 1 aromatic rings. The SMILES string of the molecule is COC(=O)C(CCC(=O)c1cccc([N+](=O)[O-])c1)(C(=O)OC)C(F)(F)F. The van der Waals surface area contributed by atoms with Crippen molar-refractivity contribution in [3.05, 3.63) is 39.9 Å². The Morgan fingerprint density at radius 2 is 1.65 bits per heavy atom. The minimum Gasteiger partial charge on any atom is -0.468 e. The van der Waals surface area contributed by atoms with E-state index in [0.29, 0.717) is 14.2 Å². The van der Waals surface area contributed by atoms with Crippen LogP contribution in [-0.4, -0.2) is 43.0 Å². The number of hydrogen-bond acceptors (Lipinski definition) is 7. The molecule has 0 atom stereocenters. The summed E-state index contributed by atoms with van der Waals surface area (Å²) in [6.45, 7) is 0. The van der Waals surface area contributed by atoms with Gasteiger partial charge in [0.25, 0.3) is 11.1 Å². The first-order chi connectivity index (χ1) is 12.0. The van der Waals surface area contributed by atoms with Gasteiger partial charge in [0.15, 0.2) is 5.78 Å². The number of nitro benzene ring substituents is 1. The van der Waals surface area contributed by atoms with Crippen molar-refractivity contribution in [3.63, 3.8) is 0 Å². The second-order valence-corrected chi connectivity index (χ2v) is 5.12. The monoisotopic (exact) mass is 377 g/mol. The molecule has 0 heterocycles. The van der Waals surface area contributed by atoms with Crippen LogP contribution >= 0.6 is 0 Å². The molecule has 1 rings (SSSR count). The predicted molar refractivity (Wildman–Crippen MR) is 79.2 cm³/mol. The zero-order valence-electron chi connectivity index (χ0n) is 13.7. The first-order valence-electron chi connectivity index (χ1n) is 7.02. The Morgan fingerprint density at radius 1 is 1.12 bits per heavy atom. The molecule has 0 amide bonds. The largest absolute Gasteiger partial charge is 0.468 e. The maximum Gasteiger partial charge on any atom is 0.415 e. The molecule has 0 saturated heterocycles. The molecule has 0 aliphatic rings. The van der Waals surface area contributed by atoms with Gasteiger partial charge in [0, 0.05) is 24.1 Å². The van der Waals surface area contributed by atoms with Crippen LogP contribution in [0.25, 0.3) is 0 Å². The molecule has 0 aliphatic carbocycles. The van der Waals surface area contributed by atoms with Crippen LogP contribution in [0.4, 0.5) is 18.9 Å². The Labute approximate surface area is 145 Å². The number of ether oxygens (including phenoxy) is 2. The average Bonchev–Trinajstić information content (AvgIpc) is 2.60. The summed E-state index contributed by atoms with van der Waals surface area (Å²) in [5.41, 5.74) is -4.34. The zero-order chi connectivity index (χ0) is 20.1. The lowest BCUT2D eigenvalue weighted by Crippen LogP contribution is -2.52. The standard InChI is InChI=1S/C15H14F3NO7/c1-25-12(21)14(13(22)26-2,15(16,17)18)7-6-11(20)9-4-3-5-10(8-9)19(23)24/h3-5,8H,6-7H2,1-2H3. The van der Waals surface area contributed by atoms with Crippen LogP contribution in [0.2, 0.25) is 0 Å². The first-order valence-corrected chi connectivity index (χ1v) is 7.02. The summed E-state index contributed by atoms with van der Waals surface area (Å²) in [6, 6.07) is 4.33. The topological polar surface area (TPSA) is 113 Å². The molecule has 142 valence electrons. The number of methoxy groups -OCH3 is 2. The van der Waals surface area contributed by atoms with Crippen LogP contribution in [0, 0.1) is 15.5 Å². The molecule has 0 bridgehead atoms. The molecule has 8 nitrogen and oxygen atoms in total. The van der Waals surface area contributed by atoms with Crippen molar-refractivity contribution < 1.29 is 42.0 Å². The molecule has 0 fully saturated rings. The number of non-ortho nitro benzene ring substituents is 1. The number of halogens is 3. The lowest BCUT2D eigenvalue weighted by atomic mass is 9.81. The molecule has 1 aromatic carbocycles. The number of ketones is 1. The van der Waals surface area contributed by atoms with Crippen LogP contribution in [0.1, 0.15) is 23.2 Å². The van der Waals surface area contributed by atoms with E-state index in [0.717, 1.165) is 12.1 Å². The number of nitrogens with zero attached hydrogens (tertiary/aromatic N) is 1. The Balaban J connectivity index is 3.19. The second-order valence-electron chi connectivity index (χ2n) is 5.12.